The second-order valence-electron chi connectivity index (χ2n) is 7.47. The lowest BCUT2D eigenvalue weighted by atomic mass is 10.1. The molecule has 0 saturated carbocycles. The summed E-state index contributed by atoms with van der Waals surface area (Å²) >= 11 is 0. The highest BCUT2D eigenvalue weighted by Crippen LogP contribution is 2.19. The Hall–Kier alpha value is -2.73. The zero-order valence-corrected chi connectivity index (χ0v) is 17.7. The standard InChI is InChI=1S/C25H26N2O2S/c28-30(29,25-14-13-22-8-2-4-10-24(22)18-25)27-16-6-5-15-26-19-20-11-12-21-7-1-3-9-23(21)17-20/h1-4,7-14,17-18,26-27H,5-6,15-16,19H2. The molecule has 0 amide bonds. The van der Waals surface area contributed by atoms with E-state index in [4.69, 9.17) is 0 Å². The molecule has 0 radical (unpaired) electrons. The summed E-state index contributed by atoms with van der Waals surface area (Å²) < 4.78 is 27.8. The molecule has 0 aliphatic heterocycles. The van der Waals surface area contributed by atoms with Gasteiger partial charge in [-0.25, -0.2) is 13.1 Å². The molecular formula is C25H26N2O2S. The minimum atomic E-state index is -3.48. The molecule has 0 spiro atoms. The lowest BCUT2D eigenvalue weighted by molar-refractivity contribution is 0.571. The van der Waals surface area contributed by atoms with Crippen molar-refractivity contribution >= 4 is 31.6 Å². The summed E-state index contributed by atoms with van der Waals surface area (Å²) in [7, 11) is -3.48. The van der Waals surface area contributed by atoms with Crippen molar-refractivity contribution in [1.82, 2.24) is 10.0 Å². The summed E-state index contributed by atoms with van der Waals surface area (Å²) in [6.45, 7) is 2.10. The van der Waals surface area contributed by atoms with E-state index in [-0.39, 0.29) is 0 Å². The van der Waals surface area contributed by atoms with Crippen LogP contribution in [0.25, 0.3) is 21.5 Å². The van der Waals surface area contributed by atoms with E-state index >= 15 is 0 Å². The molecule has 0 unspecified atom stereocenters. The Morgan fingerprint density at radius 1 is 0.633 bits per heavy atom. The van der Waals surface area contributed by atoms with Gasteiger partial charge in [0.25, 0.3) is 0 Å². The Morgan fingerprint density at radius 2 is 1.23 bits per heavy atom. The number of hydrogen-bond donors (Lipinski definition) is 2. The molecule has 4 aromatic rings. The third-order valence-corrected chi connectivity index (χ3v) is 6.71. The molecule has 0 bridgehead atoms. The van der Waals surface area contributed by atoms with Crippen LogP contribution in [0, 0.1) is 0 Å². The van der Waals surface area contributed by atoms with Gasteiger partial charge in [0.1, 0.15) is 0 Å². The van der Waals surface area contributed by atoms with Crippen LogP contribution < -0.4 is 10.0 Å². The summed E-state index contributed by atoms with van der Waals surface area (Å²) in [4.78, 5) is 0.315. The van der Waals surface area contributed by atoms with Gasteiger partial charge in [0.2, 0.25) is 10.0 Å². The van der Waals surface area contributed by atoms with Crippen LogP contribution in [0.4, 0.5) is 0 Å². The van der Waals surface area contributed by atoms with Gasteiger partial charge in [0, 0.05) is 13.1 Å². The van der Waals surface area contributed by atoms with Crippen LogP contribution in [-0.2, 0) is 16.6 Å². The highest BCUT2D eigenvalue weighted by Gasteiger charge is 2.13. The molecule has 4 nitrogen and oxygen atoms in total. The molecule has 0 fully saturated rings. The second kappa shape index (κ2) is 9.39. The van der Waals surface area contributed by atoms with Crippen LogP contribution in [0.1, 0.15) is 18.4 Å². The van der Waals surface area contributed by atoms with Gasteiger partial charge < -0.3 is 5.32 Å². The lowest BCUT2D eigenvalue weighted by Crippen LogP contribution is -2.25. The van der Waals surface area contributed by atoms with Gasteiger partial charge >= 0.3 is 0 Å². The van der Waals surface area contributed by atoms with Gasteiger partial charge in [0.05, 0.1) is 4.90 Å². The molecule has 30 heavy (non-hydrogen) atoms. The monoisotopic (exact) mass is 418 g/mol. The Morgan fingerprint density at radius 3 is 1.97 bits per heavy atom. The van der Waals surface area contributed by atoms with E-state index in [1.165, 1.54) is 16.3 Å². The highest BCUT2D eigenvalue weighted by molar-refractivity contribution is 7.89. The summed E-state index contributed by atoms with van der Waals surface area (Å²) in [5, 5.41) is 7.90. The van der Waals surface area contributed by atoms with E-state index in [9.17, 15) is 8.42 Å². The predicted octanol–water partition coefficient (Wildman–Crippen LogP) is 4.84. The smallest absolute Gasteiger partial charge is 0.240 e. The topological polar surface area (TPSA) is 58.2 Å². The van der Waals surface area contributed by atoms with Crippen molar-refractivity contribution in [3.63, 3.8) is 0 Å². The van der Waals surface area contributed by atoms with Crippen molar-refractivity contribution < 1.29 is 8.42 Å². The number of unbranched alkanes of at least 4 members (excludes halogenated alkanes) is 1. The van der Waals surface area contributed by atoms with Crippen LogP contribution in [0.5, 0.6) is 0 Å². The van der Waals surface area contributed by atoms with Crippen LogP contribution in [0.3, 0.4) is 0 Å². The normalized spacial score (nSPS) is 11.9. The molecule has 0 aromatic heterocycles. The van der Waals surface area contributed by atoms with Gasteiger partial charge in [0.15, 0.2) is 0 Å². The number of fused-ring (bicyclic) bond motifs is 2. The van der Waals surface area contributed by atoms with Crippen molar-refractivity contribution in [3.8, 4) is 0 Å². The minimum absolute atomic E-state index is 0.315. The SMILES string of the molecule is O=S(=O)(NCCCCNCc1ccc2ccccc2c1)c1ccc2ccccc2c1. The molecule has 0 heterocycles. The fraction of sp³-hybridized carbons (Fsp3) is 0.200. The van der Waals surface area contributed by atoms with Gasteiger partial charge in [-0.05, 0) is 64.7 Å². The van der Waals surface area contributed by atoms with Crippen molar-refractivity contribution in [2.45, 2.75) is 24.3 Å². The first-order chi connectivity index (χ1) is 14.6. The third kappa shape index (κ3) is 5.05. The van der Waals surface area contributed by atoms with E-state index in [2.05, 4.69) is 52.5 Å². The molecule has 0 atom stereocenters. The zero-order chi connectivity index (χ0) is 20.8. The molecule has 0 aliphatic carbocycles. The fourth-order valence-corrected chi connectivity index (χ4v) is 4.69. The number of benzene rings is 4. The fourth-order valence-electron chi connectivity index (χ4n) is 3.58. The van der Waals surface area contributed by atoms with Gasteiger partial charge in [-0.1, -0.05) is 66.7 Å². The first-order valence-corrected chi connectivity index (χ1v) is 11.8. The Bertz CT molecular complexity index is 1250. The first-order valence-electron chi connectivity index (χ1n) is 10.3. The van der Waals surface area contributed by atoms with E-state index in [1.807, 2.05) is 30.3 Å². The van der Waals surface area contributed by atoms with E-state index in [0.29, 0.717) is 11.4 Å². The average molecular weight is 419 g/mol. The predicted molar refractivity (Wildman–Crippen MR) is 124 cm³/mol. The minimum Gasteiger partial charge on any atom is -0.313 e. The van der Waals surface area contributed by atoms with E-state index in [0.717, 1.165) is 36.7 Å². The summed E-state index contributed by atoms with van der Waals surface area (Å²) in [6.07, 6.45) is 1.70. The van der Waals surface area contributed by atoms with Gasteiger partial charge in [-0.3, -0.25) is 0 Å². The molecule has 5 heteroatoms. The van der Waals surface area contributed by atoms with Crippen LogP contribution in [0.2, 0.25) is 0 Å². The van der Waals surface area contributed by atoms with Crippen molar-refractivity contribution in [2.24, 2.45) is 0 Å². The maximum atomic E-state index is 12.5. The van der Waals surface area contributed by atoms with Crippen molar-refractivity contribution in [1.29, 1.82) is 0 Å². The molecular weight excluding hydrogens is 392 g/mol. The molecule has 154 valence electrons. The van der Waals surface area contributed by atoms with Crippen LogP contribution in [0.15, 0.2) is 89.8 Å². The zero-order valence-electron chi connectivity index (χ0n) is 16.8. The summed E-state index contributed by atoms with van der Waals surface area (Å²) in [5.74, 6) is 0. The number of hydrogen-bond acceptors (Lipinski definition) is 3. The Kier molecular flexibility index (Phi) is 6.43. The maximum Gasteiger partial charge on any atom is 0.240 e. The van der Waals surface area contributed by atoms with Crippen LogP contribution in [-0.4, -0.2) is 21.5 Å². The lowest BCUT2D eigenvalue weighted by Gasteiger charge is -2.09. The number of nitrogens with one attached hydrogen (secondary N) is 2. The quantitative estimate of drug-likeness (QED) is 0.382. The molecule has 0 saturated heterocycles. The van der Waals surface area contributed by atoms with Crippen LogP contribution >= 0.6 is 0 Å². The van der Waals surface area contributed by atoms with Gasteiger partial charge in [-0.15, -0.1) is 0 Å². The maximum absolute atomic E-state index is 12.5. The molecule has 4 rings (SSSR count). The summed E-state index contributed by atoms with van der Waals surface area (Å²) in [6, 6.07) is 27.8. The summed E-state index contributed by atoms with van der Waals surface area (Å²) in [5.41, 5.74) is 1.26. The van der Waals surface area contributed by atoms with E-state index < -0.39 is 10.0 Å². The number of rotatable bonds is 9. The van der Waals surface area contributed by atoms with E-state index in [1.54, 1.807) is 12.1 Å². The Balaban J connectivity index is 1.20. The van der Waals surface area contributed by atoms with Crippen molar-refractivity contribution in [2.75, 3.05) is 13.1 Å². The molecule has 0 aliphatic rings. The van der Waals surface area contributed by atoms with Gasteiger partial charge in [-0.2, -0.15) is 0 Å². The van der Waals surface area contributed by atoms with Crippen molar-refractivity contribution in [3.05, 3.63) is 90.5 Å². The molecule has 4 aromatic carbocycles. The average Bonchev–Trinajstić information content (AvgIpc) is 2.78. The second-order valence-corrected chi connectivity index (χ2v) is 9.24. The molecule has 2 N–H and O–H groups in total. The Labute approximate surface area is 178 Å². The highest BCUT2D eigenvalue weighted by atomic mass is 32.2. The largest absolute Gasteiger partial charge is 0.313 e. The first kappa shape index (κ1) is 20.5. The third-order valence-electron chi connectivity index (χ3n) is 5.25. The number of sulfonamides is 1.